The third-order valence-corrected chi connectivity index (χ3v) is 10.0. The molecule has 11 heteroatoms. The lowest BCUT2D eigenvalue weighted by molar-refractivity contribution is 0.143. The summed E-state index contributed by atoms with van der Waals surface area (Å²) in [6, 6.07) is 0. The topological polar surface area (TPSA) is 107 Å². The number of aromatic nitrogens is 4. The highest BCUT2D eigenvalue weighted by Gasteiger charge is 2.46. The van der Waals surface area contributed by atoms with Crippen molar-refractivity contribution in [2.24, 2.45) is 11.8 Å². The number of aliphatic hydroxyl groups excluding tert-OH is 1. The molecule has 3 fully saturated rings. The zero-order chi connectivity index (χ0) is 23.7. The van der Waals surface area contributed by atoms with E-state index in [0.717, 1.165) is 62.0 Å². The van der Waals surface area contributed by atoms with Crippen molar-refractivity contribution in [1.29, 1.82) is 0 Å². The Kier molecular flexibility index (Phi) is 5.27. The van der Waals surface area contributed by atoms with Gasteiger partial charge in [-0.15, -0.1) is 0 Å². The van der Waals surface area contributed by atoms with Crippen LogP contribution in [0.25, 0.3) is 0 Å². The highest BCUT2D eigenvalue weighted by Crippen LogP contribution is 2.43. The molecule has 3 atom stereocenters. The summed E-state index contributed by atoms with van der Waals surface area (Å²) in [4.78, 5) is 23.8. The maximum absolute atomic E-state index is 13.3. The van der Waals surface area contributed by atoms with Gasteiger partial charge in [-0.2, -0.15) is 4.98 Å². The molecule has 0 amide bonds. The van der Waals surface area contributed by atoms with Gasteiger partial charge in [0, 0.05) is 44.4 Å². The fourth-order valence-corrected chi connectivity index (χ4v) is 7.26. The molecule has 34 heavy (non-hydrogen) atoms. The number of nitrogens with one attached hydrogen (secondary N) is 1. The van der Waals surface area contributed by atoms with E-state index in [0.29, 0.717) is 35.0 Å². The van der Waals surface area contributed by atoms with Crippen LogP contribution in [0.1, 0.15) is 38.8 Å². The number of anilines is 3. The zero-order valence-electron chi connectivity index (χ0n) is 19.5. The zero-order valence-corrected chi connectivity index (χ0v) is 21.1. The van der Waals surface area contributed by atoms with Gasteiger partial charge >= 0.3 is 0 Å². The number of rotatable bonds is 5. The first-order valence-electron chi connectivity index (χ1n) is 12.0. The smallest absolute Gasteiger partial charge is 0.227 e. The lowest BCUT2D eigenvalue weighted by Crippen LogP contribution is -2.48. The van der Waals surface area contributed by atoms with Gasteiger partial charge < -0.3 is 20.2 Å². The van der Waals surface area contributed by atoms with Crippen molar-refractivity contribution >= 4 is 40.1 Å². The number of halogens is 1. The molecule has 1 aliphatic carbocycles. The van der Waals surface area contributed by atoms with Gasteiger partial charge in [-0.05, 0) is 33.1 Å². The minimum atomic E-state index is -1.19. The molecule has 2 unspecified atom stereocenters. The van der Waals surface area contributed by atoms with Crippen molar-refractivity contribution in [1.82, 2.24) is 19.9 Å². The number of hydrogen-bond acceptors (Lipinski definition) is 9. The van der Waals surface area contributed by atoms with E-state index in [-0.39, 0.29) is 16.9 Å². The number of hydrogen-bond donors (Lipinski definition) is 2. The van der Waals surface area contributed by atoms with Crippen molar-refractivity contribution in [2.45, 2.75) is 54.7 Å². The lowest BCUT2D eigenvalue weighted by atomic mass is 9.77. The van der Waals surface area contributed by atoms with Gasteiger partial charge in [0.2, 0.25) is 11.9 Å². The highest BCUT2D eigenvalue weighted by molar-refractivity contribution is 7.87. The van der Waals surface area contributed by atoms with Crippen LogP contribution in [0.4, 0.5) is 17.7 Å². The van der Waals surface area contributed by atoms with E-state index in [9.17, 15) is 9.32 Å². The van der Waals surface area contributed by atoms with Crippen LogP contribution in [0.5, 0.6) is 0 Å². The molecule has 0 spiro atoms. The summed E-state index contributed by atoms with van der Waals surface area (Å²) < 4.78 is 12.9. The van der Waals surface area contributed by atoms with Crippen LogP contribution in [0.3, 0.4) is 0 Å². The van der Waals surface area contributed by atoms with E-state index in [1.807, 2.05) is 13.8 Å². The minimum Gasteiger partial charge on any atom is -0.394 e. The molecule has 0 aromatic carbocycles. The molecule has 4 aliphatic rings. The lowest BCUT2D eigenvalue weighted by Gasteiger charge is -2.41. The van der Waals surface area contributed by atoms with Gasteiger partial charge in [0.05, 0.1) is 50.8 Å². The monoisotopic (exact) mass is 503 g/mol. The molecule has 2 aromatic rings. The van der Waals surface area contributed by atoms with Gasteiger partial charge in [0.25, 0.3) is 0 Å². The van der Waals surface area contributed by atoms with Gasteiger partial charge in [0.15, 0.2) is 0 Å². The summed E-state index contributed by atoms with van der Waals surface area (Å²) in [7, 11) is -1.19. The second kappa shape index (κ2) is 7.99. The fourth-order valence-electron chi connectivity index (χ4n) is 5.74. The SMILES string of the molecule is CC1(C)Cc2nc(N3CC4CN(c5ncc(Cl)cn5)CC4C3)nc(NC3(CO)CCC3)c2[S@]1=O. The summed E-state index contributed by atoms with van der Waals surface area (Å²) in [6.45, 7) is 7.61. The number of fused-ring (bicyclic) bond motifs is 2. The van der Waals surface area contributed by atoms with Gasteiger partial charge in [0.1, 0.15) is 10.7 Å². The highest BCUT2D eigenvalue weighted by atomic mass is 35.5. The van der Waals surface area contributed by atoms with Gasteiger partial charge in [-0.1, -0.05) is 11.6 Å². The standard InChI is InChI=1S/C23H30ClN7O2S/c1-22(2)6-17-18(34(22)33)19(29-23(13-32)4-3-5-23)28-21(27-17)31-11-14-9-30(10-15(14)12-31)20-25-7-16(24)8-26-20/h7-8,14-15,32H,3-6,9-13H2,1-2H3,(H,27,28,29)/t14?,15?,34-/m1/s1. The van der Waals surface area contributed by atoms with Crippen molar-refractivity contribution in [3.8, 4) is 0 Å². The average Bonchev–Trinajstić information content (AvgIpc) is 3.41. The van der Waals surface area contributed by atoms with Crippen LogP contribution in [0.2, 0.25) is 5.02 Å². The Labute approximate surface area is 206 Å². The van der Waals surface area contributed by atoms with Crippen LogP contribution in [-0.4, -0.2) is 72.3 Å². The maximum Gasteiger partial charge on any atom is 0.227 e. The molecule has 6 rings (SSSR count). The molecule has 2 saturated heterocycles. The maximum atomic E-state index is 13.3. The Morgan fingerprint density at radius 3 is 2.26 bits per heavy atom. The van der Waals surface area contributed by atoms with E-state index in [4.69, 9.17) is 21.6 Å². The predicted octanol–water partition coefficient (Wildman–Crippen LogP) is 2.26. The summed E-state index contributed by atoms with van der Waals surface area (Å²) in [5, 5.41) is 14.1. The number of aliphatic hydroxyl groups is 1. The Bertz CT molecular complexity index is 1120. The Morgan fingerprint density at radius 1 is 1.09 bits per heavy atom. The molecule has 3 aliphatic heterocycles. The molecule has 0 bridgehead atoms. The van der Waals surface area contributed by atoms with E-state index < -0.39 is 10.8 Å². The van der Waals surface area contributed by atoms with E-state index in [1.54, 1.807) is 12.4 Å². The molecule has 9 nitrogen and oxygen atoms in total. The molecular formula is C23H30ClN7O2S. The normalized spacial score (nSPS) is 28.5. The molecule has 2 N–H and O–H groups in total. The summed E-state index contributed by atoms with van der Waals surface area (Å²) in [6.07, 6.45) is 6.81. The molecular weight excluding hydrogens is 474 g/mol. The average molecular weight is 504 g/mol. The molecule has 0 radical (unpaired) electrons. The quantitative estimate of drug-likeness (QED) is 0.635. The second-order valence-electron chi connectivity index (χ2n) is 10.8. The fraction of sp³-hybridized carbons (Fsp3) is 0.652. The first-order chi connectivity index (χ1) is 16.3. The first kappa shape index (κ1) is 22.4. The third kappa shape index (κ3) is 3.65. The summed E-state index contributed by atoms with van der Waals surface area (Å²) in [5.74, 6) is 3.03. The molecule has 182 valence electrons. The van der Waals surface area contributed by atoms with Gasteiger partial charge in [-0.3, -0.25) is 4.21 Å². The van der Waals surface area contributed by atoms with Crippen molar-refractivity contribution in [2.75, 3.05) is 47.9 Å². The van der Waals surface area contributed by atoms with Crippen LogP contribution < -0.4 is 15.1 Å². The molecule has 1 saturated carbocycles. The molecule has 2 aromatic heterocycles. The Balaban J connectivity index is 1.25. The van der Waals surface area contributed by atoms with E-state index >= 15 is 0 Å². The van der Waals surface area contributed by atoms with Crippen LogP contribution in [-0.2, 0) is 17.2 Å². The Hall–Kier alpha value is -2.04. The summed E-state index contributed by atoms with van der Waals surface area (Å²) >= 11 is 5.94. The third-order valence-electron chi connectivity index (χ3n) is 7.86. The van der Waals surface area contributed by atoms with Crippen molar-refractivity contribution in [3.63, 3.8) is 0 Å². The molecule has 5 heterocycles. The predicted molar refractivity (Wildman–Crippen MR) is 132 cm³/mol. The van der Waals surface area contributed by atoms with Crippen LogP contribution in [0, 0.1) is 11.8 Å². The van der Waals surface area contributed by atoms with E-state index in [1.165, 1.54) is 0 Å². The van der Waals surface area contributed by atoms with Crippen LogP contribution >= 0.6 is 11.6 Å². The van der Waals surface area contributed by atoms with E-state index in [2.05, 4.69) is 25.1 Å². The number of nitrogens with zero attached hydrogens (tertiary/aromatic N) is 6. The van der Waals surface area contributed by atoms with Crippen LogP contribution in [0.15, 0.2) is 17.3 Å². The second-order valence-corrected chi connectivity index (χ2v) is 13.3. The van der Waals surface area contributed by atoms with Crippen molar-refractivity contribution in [3.05, 3.63) is 23.1 Å². The summed E-state index contributed by atoms with van der Waals surface area (Å²) in [5.41, 5.74) is 0.508. The Morgan fingerprint density at radius 2 is 1.71 bits per heavy atom. The first-order valence-corrected chi connectivity index (χ1v) is 13.5. The minimum absolute atomic E-state index is 0.0492. The van der Waals surface area contributed by atoms with Crippen molar-refractivity contribution < 1.29 is 9.32 Å². The van der Waals surface area contributed by atoms with Gasteiger partial charge in [-0.25, -0.2) is 15.0 Å². The largest absolute Gasteiger partial charge is 0.394 e.